The topological polar surface area (TPSA) is 65.4 Å². The van der Waals surface area contributed by atoms with Crippen LogP contribution in [-0.2, 0) is 19.5 Å². The maximum atomic E-state index is 12.7. The summed E-state index contributed by atoms with van der Waals surface area (Å²) in [4.78, 5) is 17.5. The van der Waals surface area contributed by atoms with Gasteiger partial charge in [0.25, 0.3) is 5.91 Å². The Labute approximate surface area is 187 Å². The minimum absolute atomic E-state index is 0.201. The number of nitrogens with one attached hydrogen (secondary N) is 1. The highest BCUT2D eigenvalue weighted by Crippen LogP contribution is 2.19. The highest BCUT2D eigenvalue weighted by Gasteiger charge is 2.15. The maximum absolute atomic E-state index is 12.7. The summed E-state index contributed by atoms with van der Waals surface area (Å²) in [6.07, 6.45) is 1.01. The summed E-state index contributed by atoms with van der Waals surface area (Å²) in [7, 11) is 1.56. The molecule has 0 spiro atoms. The normalized spacial score (nSPS) is 10.8. The average Bonchev–Trinajstić information content (AvgIpc) is 3.20. The first-order chi connectivity index (χ1) is 15.7. The molecular formula is C26H27N3O3. The van der Waals surface area contributed by atoms with Crippen LogP contribution in [0.1, 0.15) is 28.7 Å². The van der Waals surface area contributed by atoms with E-state index in [-0.39, 0.29) is 5.91 Å². The Morgan fingerprint density at radius 1 is 1.00 bits per heavy atom. The van der Waals surface area contributed by atoms with Crippen LogP contribution in [0, 0.1) is 0 Å². The number of aryl methyl sites for hydroxylation is 1. The number of nitrogens with zero attached hydrogens (tertiary/aromatic N) is 2. The van der Waals surface area contributed by atoms with Crippen LogP contribution in [0.5, 0.6) is 11.5 Å². The molecule has 32 heavy (non-hydrogen) atoms. The van der Waals surface area contributed by atoms with Crippen molar-refractivity contribution in [1.29, 1.82) is 0 Å². The van der Waals surface area contributed by atoms with Gasteiger partial charge in [-0.2, -0.15) is 0 Å². The SMILES string of the molecule is CCc1ccc(OCCn2c(CNC(=O)c3ccccc3OC)nc3ccccc32)cc1. The van der Waals surface area contributed by atoms with Crippen LogP contribution >= 0.6 is 0 Å². The Bertz CT molecular complexity index is 1200. The van der Waals surface area contributed by atoms with Crippen LogP contribution < -0.4 is 14.8 Å². The molecule has 1 amide bonds. The van der Waals surface area contributed by atoms with Gasteiger partial charge in [-0.15, -0.1) is 0 Å². The molecule has 1 N–H and O–H groups in total. The second kappa shape index (κ2) is 10.0. The molecule has 4 rings (SSSR count). The quantitative estimate of drug-likeness (QED) is 0.422. The molecule has 0 unspecified atom stereocenters. The standard InChI is InChI=1S/C26H27N3O3/c1-3-19-12-14-20(15-13-19)32-17-16-29-23-10-6-5-9-22(23)28-25(29)18-27-26(30)21-8-4-7-11-24(21)31-2/h4-15H,3,16-18H2,1-2H3,(H,27,30). The molecule has 1 heterocycles. The van der Waals surface area contributed by atoms with E-state index in [4.69, 9.17) is 14.5 Å². The van der Waals surface area contributed by atoms with Gasteiger partial charge in [0.1, 0.15) is 23.9 Å². The zero-order valence-electron chi connectivity index (χ0n) is 18.4. The lowest BCUT2D eigenvalue weighted by Gasteiger charge is -2.12. The second-order valence-corrected chi connectivity index (χ2v) is 7.40. The van der Waals surface area contributed by atoms with Crippen molar-refractivity contribution in [3.8, 4) is 11.5 Å². The Kier molecular flexibility index (Phi) is 6.70. The summed E-state index contributed by atoms with van der Waals surface area (Å²) in [6, 6.07) is 23.3. The first-order valence-electron chi connectivity index (χ1n) is 10.8. The summed E-state index contributed by atoms with van der Waals surface area (Å²) in [5.74, 6) is 1.96. The van der Waals surface area contributed by atoms with E-state index in [9.17, 15) is 4.79 Å². The van der Waals surface area contributed by atoms with Gasteiger partial charge in [0.05, 0.1) is 36.8 Å². The van der Waals surface area contributed by atoms with Crippen molar-refractivity contribution < 1.29 is 14.3 Å². The van der Waals surface area contributed by atoms with E-state index in [0.717, 1.165) is 29.0 Å². The summed E-state index contributed by atoms with van der Waals surface area (Å²) >= 11 is 0. The zero-order chi connectivity index (χ0) is 22.3. The van der Waals surface area contributed by atoms with Gasteiger partial charge in [0.15, 0.2) is 0 Å². The van der Waals surface area contributed by atoms with Gasteiger partial charge in [-0.3, -0.25) is 4.79 Å². The lowest BCUT2D eigenvalue weighted by atomic mass is 10.2. The monoisotopic (exact) mass is 429 g/mol. The number of fused-ring (bicyclic) bond motifs is 1. The lowest BCUT2D eigenvalue weighted by molar-refractivity contribution is 0.0946. The first-order valence-corrected chi connectivity index (χ1v) is 10.8. The van der Waals surface area contributed by atoms with E-state index >= 15 is 0 Å². The smallest absolute Gasteiger partial charge is 0.255 e. The molecule has 0 aliphatic heterocycles. The van der Waals surface area contributed by atoms with E-state index in [1.807, 2.05) is 48.5 Å². The van der Waals surface area contributed by atoms with Crippen molar-refractivity contribution in [3.05, 3.63) is 89.7 Å². The zero-order valence-corrected chi connectivity index (χ0v) is 18.4. The van der Waals surface area contributed by atoms with Crippen LogP contribution in [0.4, 0.5) is 0 Å². The van der Waals surface area contributed by atoms with Crippen LogP contribution in [-0.4, -0.2) is 29.2 Å². The van der Waals surface area contributed by atoms with Gasteiger partial charge in [0, 0.05) is 0 Å². The number of para-hydroxylation sites is 3. The number of ether oxygens (including phenoxy) is 2. The number of benzene rings is 3. The summed E-state index contributed by atoms with van der Waals surface area (Å²) < 4.78 is 13.4. The van der Waals surface area contributed by atoms with E-state index in [1.54, 1.807) is 19.2 Å². The molecule has 4 aromatic rings. The van der Waals surface area contributed by atoms with Crippen LogP contribution in [0.3, 0.4) is 0 Å². The minimum Gasteiger partial charge on any atom is -0.496 e. The molecule has 0 atom stereocenters. The number of imidazole rings is 1. The van der Waals surface area contributed by atoms with Crippen LogP contribution in [0.15, 0.2) is 72.8 Å². The third-order valence-electron chi connectivity index (χ3n) is 5.41. The Morgan fingerprint density at radius 2 is 1.75 bits per heavy atom. The Hall–Kier alpha value is -3.80. The fraction of sp³-hybridized carbons (Fsp3) is 0.231. The second-order valence-electron chi connectivity index (χ2n) is 7.40. The largest absolute Gasteiger partial charge is 0.496 e. The molecular weight excluding hydrogens is 402 g/mol. The van der Waals surface area contributed by atoms with Crippen LogP contribution in [0.2, 0.25) is 0 Å². The predicted molar refractivity (Wildman–Crippen MR) is 125 cm³/mol. The number of carbonyl (C=O) groups excluding carboxylic acids is 1. The predicted octanol–water partition coefficient (Wildman–Crippen LogP) is 4.62. The van der Waals surface area contributed by atoms with Gasteiger partial charge in [0.2, 0.25) is 0 Å². The van der Waals surface area contributed by atoms with Crippen molar-refractivity contribution in [1.82, 2.24) is 14.9 Å². The van der Waals surface area contributed by atoms with Gasteiger partial charge in [-0.1, -0.05) is 43.3 Å². The first kappa shape index (κ1) is 21.4. The molecule has 0 saturated heterocycles. The fourth-order valence-electron chi connectivity index (χ4n) is 3.67. The summed E-state index contributed by atoms with van der Waals surface area (Å²) in [6.45, 7) is 3.56. The molecule has 6 heteroatoms. The number of rotatable bonds is 9. The highest BCUT2D eigenvalue weighted by atomic mass is 16.5. The molecule has 0 fully saturated rings. The van der Waals surface area contributed by atoms with Gasteiger partial charge in [-0.25, -0.2) is 4.98 Å². The molecule has 0 aliphatic rings. The summed E-state index contributed by atoms with van der Waals surface area (Å²) in [5.41, 5.74) is 3.68. The number of methoxy groups -OCH3 is 1. The highest BCUT2D eigenvalue weighted by molar-refractivity contribution is 5.96. The van der Waals surface area contributed by atoms with Crippen molar-refractivity contribution in [3.63, 3.8) is 0 Å². The fourth-order valence-corrected chi connectivity index (χ4v) is 3.67. The number of amides is 1. The summed E-state index contributed by atoms with van der Waals surface area (Å²) in [5, 5.41) is 2.97. The van der Waals surface area contributed by atoms with Gasteiger partial charge >= 0.3 is 0 Å². The Balaban J connectivity index is 1.47. The molecule has 3 aromatic carbocycles. The van der Waals surface area contributed by atoms with Crippen molar-refractivity contribution in [2.45, 2.75) is 26.4 Å². The van der Waals surface area contributed by atoms with E-state index in [0.29, 0.717) is 31.0 Å². The van der Waals surface area contributed by atoms with E-state index in [2.05, 4.69) is 28.9 Å². The molecule has 0 saturated carbocycles. The Morgan fingerprint density at radius 3 is 2.53 bits per heavy atom. The number of hydrogen-bond donors (Lipinski definition) is 1. The minimum atomic E-state index is -0.201. The van der Waals surface area contributed by atoms with Crippen molar-refractivity contribution in [2.24, 2.45) is 0 Å². The molecule has 164 valence electrons. The van der Waals surface area contributed by atoms with Crippen LogP contribution in [0.25, 0.3) is 11.0 Å². The van der Waals surface area contributed by atoms with Crippen molar-refractivity contribution >= 4 is 16.9 Å². The van der Waals surface area contributed by atoms with Crippen molar-refractivity contribution in [2.75, 3.05) is 13.7 Å². The number of carbonyl (C=O) groups is 1. The molecule has 0 bridgehead atoms. The van der Waals surface area contributed by atoms with Gasteiger partial charge < -0.3 is 19.4 Å². The lowest BCUT2D eigenvalue weighted by Crippen LogP contribution is -2.25. The third-order valence-corrected chi connectivity index (χ3v) is 5.41. The average molecular weight is 430 g/mol. The molecule has 0 aliphatic carbocycles. The molecule has 6 nitrogen and oxygen atoms in total. The maximum Gasteiger partial charge on any atom is 0.255 e. The van der Waals surface area contributed by atoms with E-state index in [1.165, 1.54) is 5.56 Å². The van der Waals surface area contributed by atoms with Gasteiger partial charge in [-0.05, 0) is 48.4 Å². The third kappa shape index (κ3) is 4.75. The molecule has 0 radical (unpaired) electrons. The molecule has 1 aromatic heterocycles. The number of hydrogen-bond acceptors (Lipinski definition) is 4. The van der Waals surface area contributed by atoms with E-state index < -0.39 is 0 Å². The number of aromatic nitrogens is 2.